The second-order valence-corrected chi connectivity index (χ2v) is 10.4. The number of benzene rings is 3. The van der Waals surface area contributed by atoms with Crippen molar-refractivity contribution in [3.8, 4) is 0 Å². The van der Waals surface area contributed by atoms with Gasteiger partial charge in [-0.15, -0.1) is 10.2 Å². The molecule has 192 valence electrons. The van der Waals surface area contributed by atoms with Gasteiger partial charge >= 0.3 is 0 Å². The van der Waals surface area contributed by atoms with Crippen molar-refractivity contribution in [2.45, 2.75) is 18.6 Å². The SMILES string of the molecule is Cc1cccc(Cn2c3ccccc3c3nnc(SCC(=O)N4CCN(c5ccccc5F)CC4)nc32)c1. The van der Waals surface area contributed by atoms with E-state index in [1.165, 1.54) is 29.0 Å². The zero-order valence-electron chi connectivity index (χ0n) is 21.0. The maximum Gasteiger partial charge on any atom is 0.233 e. The summed E-state index contributed by atoms with van der Waals surface area (Å²) in [7, 11) is 0. The fraction of sp³-hybridized carbons (Fsp3) is 0.241. The first-order valence-corrected chi connectivity index (χ1v) is 13.6. The van der Waals surface area contributed by atoms with Gasteiger partial charge in [-0.1, -0.05) is 71.9 Å². The van der Waals surface area contributed by atoms with Gasteiger partial charge in [0.25, 0.3) is 0 Å². The van der Waals surface area contributed by atoms with E-state index in [2.05, 4.69) is 52.0 Å². The lowest BCUT2D eigenvalue weighted by molar-refractivity contribution is -0.128. The van der Waals surface area contributed by atoms with Crippen molar-refractivity contribution in [3.63, 3.8) is 0 Å². The summed E-state index contributed by atoms with van der Waals surface area (Å²) in [4.78, 5) is 21.6. The number of hydrogen-bond donors (Lipinski definition) is 0. The zero-order chi connectivity index (χ0) is 26.1. The number of carbonyl (C=O) groups is 1. The first-order valence-electron chi connectivity index (χ1n) is 12.6. The van der Waals surface area contributed by atoms with Crippen molar-refractivity contribution in [3.05, 3.63) is 89.7 Å². The van der Waals surface area contributed by atoms with E-state index in [4.69, 9.17) is 4.98 Å². The summed E-state index contributed by atoms with van der Waals surface area (Å²) in [5.41, 5.74) is 5.55. The molecule has 0 radical (unpaired) electrons. The molecule has 38 heavy (non-hydrogen) atoms. The smallest absolute Gasteiger partial charge is 0.233 e. The van der Waals surface area contributed by atoms with E-state index in [-0.39, 0.29) is 17.5 Å². The number of aromatic nitrogens is 4. The number of amides is 1. The highest BCUT2D eigenvalue weighted by atomic mass is 32.2. The summed E-state index contributed by atoms with van der Waals surface area (Å²) in [6, 6.07) is 23.3. The van der Waals surface area contributed by atoms with Crippen LogP contribution >= 0.6 is 11.8 Å². The number of rotatable bonds is 6. The van der Waals surface area contributed by atoms with Gasteiger partial charge in [0.05, 0.1) is 17.0 Å². The molecular weight excluding hydrogens is 499 g/mol. The topological polar surface area (TPSA) is 67.2 Å². The third-order valence-electron chi connectivity index (χ3n) is 6.93. The van der Waals surface area contributed by atoms with Gasteiger partial charge in [0.2, 0.25) is 11.1 Å². The van der Waals surface area contributed by atoms with E-state index in [1.807, 2.05) is 34.1 Å². The van der Waals surface area contributed by atoms with Crippen LogP contribution in [0.2, 0.25) is 0 Å². The van der Waals surface area contributed by atoms with E-state index >= 15 is 0 Å². The van der Waals surface area contributed by atoms with E-state index in [0.717, 1.165) is 22.1 Å². The molecule has 0 saturated carbocycles. The molecule has 3 aromatic carbocycles. The van der Waals surface area contributed by atoms with Crippen molar-refractivity contribution >= 4 is 45.4 Å². The molecule has 0 N–H and O–H groups in total. The van der Waals surface area contributed by atoms with Gasteiger partial charge in [0, 0.05) is 38.1 Å². The molecule has 0 aliphatic carbocycles. The quantitative estimate of drug-likeness (QED) is 0.293. The van der Waals surface area contributed by atoms with E-state index in [0.29, 0.717) is 43.6 Å². The summed E-state index contributed by atoms with van der Waals surface area (Å²) in [6.07, 6.45) is 0. The van der Waals surface area contributed by atoms with Gasteiger partial charge in [-0.25, -0.2) is 9.37 Å². The predicted octanol–water partition coefficient (Wildman–Crippen LogP) is 4.92. The average Bonchev–Trinajstić information content (AvgIpc) is 3.25. The first kappa shape index (κ1) is 24.4. The molecule has 7 nitrogen and oxygen atoms in total. The third kappa shape index (κ3) is 4.81. The standard InChI is InChI=1S/C29H27FN6OS/c1-20-7-6-8-21(17-20)18-36-24-11-4-2-9-22(24)27-28(36)31-29(33-32-27)38-19-26(37)35-15-13-34(14-16-35)25-12-5-3-10-23(25)30/h2-12,17H,13-16,18-19H2,1H3. The number of nitrogens with zero attached hydrogens (tertiary/aromatic N) is 6. The Morgan fingerprint density at radius 2 is 1.74 bits per heavy atom. The number of anilines is 1. The minimum absolute atomic E-state index is 0.0205. The van der Waals surface area contributed by atoms with Gasteiger partial charge < -0.3 is 14.4 Å². The van der Waals surface area contributed by atoms with Gasteiger partial charge in [0.1, 0.15) is 11.3 Å². The average molecular weight is 527 g/mol. The fourth-order valence-corrected chi connectivity index (χ4v) is 5.71. The Morgan fingerprint density at radius 1 is 0.947 bits per heavy atom. The number of carbonyl (C=O) groups excluding carboxylic acids is 1. The lowest BCUT2D eigenvalue weighted by atomic mass is 10.1. The van der Waals surface area contributed by atoms with Crippen molar-refractivity contribution in [1.82, 2.24) is 24.6 Å². The normalized spacial score (nSPS) is 13.9. The summed E-state index contributed by atoms with van der Waals surface area (Å²) in [6.45, 7) is 5.05. The van der Waals surface area contributed by atoms with Crippen LogP contribution in [0, 0.1) is 12.7 Å². The van der Waals surface area contributed by atoms with E-state index in [9.17, 15) is 9.18 Å². The van der Waals surface area contributed by atoms with Gasteiger partial charge in [-0.3, -0.25) is 4.79 Å². The highest BCUT2D eigenvalue weighted by Crippen LogP contribution is 2.28. The highest BCUT2D eigenvalue weighted by molar-refractivity contribution is 7.99. The van der Waals surface area contributed by atoms with Crippen molar-refractivity contribution in [2.75, 3.05) is 36.8 Å². The molecule has 5 aromatic rings. The molecule has 0 atom stereocenters. The van der Waals surface area contributed by atoms with Gasteiger partial charge in [-0.05, 0) is 30.7 Å². The maximum atomic E-state index is 14.1. The summed E-state index contributed by atoms with van der Waals surface area (Å²) < 4.78 is 16.3. The van der Waals surface area contributed by atoms with Crippen molar-refractivity contribution in [1.29, 1.82) is 0 Å². The molecule has 1 saturated heterocycles. The third-order valence-corrected chi connectivity index (χ3v) is 7.75. The van der Waals surface area contributed by atoms with Crippen LogP contribution in [-0.2, 0) is 11.3 Å². The molecule has 0 spiro atoms. The molecule has 6 rings (SSSR count). The molecule has 2 aromatic heterocycles. The molecule has 1 fully saturated rings. The number of thioether (sulfide) groups is 1. The molecule has 1 amide bonds. The van der Waals surface area contributed by atoms with Crippen LogP contribution in [0.3, 0.4) is 0 Å². The van der Waals surface area contributed by atoms with E-state index in [1.54, 1.807) is 12.1 Å². The lowest BCUT2D eigenvalue weighted by Gasteiger charge is -2.36. The van der Waals surface area contributed by atoms with Gasteiger partial charge in [-0.2, -0.15) is 0 Å². The van der Waals surface area contributed by atoms with E-state index < -0.39 is 0 Å². The molecule has 0 bridgehead atoms. The van der Waals surface area contributed by atoms with Gasteiger partial charge in [0.15, 0.2) is 5.65 Å². The van der Waals surface area contributed by atoms with Crippen LogP contribution in [0.5, 0.6) is 0 Å². The first-order chi connectivity index (χ1) is 18.6. The van der Waals surface area contributed by atoms with Crippen LogP contribution in [0.1, 0.15) is 11.1 Å². The van der Waals surface area contributed by atoms with Crippen molar-refractivity contribution in [2.24, 2.45) is 0 Å². The zero-order valence-corrected chi connectivity index (χ0v) is 21.9. The predicted molar refractivity (Wildman–Crippen MR) is 149 cm³/mol. The number of aryl methyl sites for hydroxylation is 1. The molecule has 0 unspecified atom stereocenters. The van der Waals surface area contributed by atoms with Crippen LogP contribution in [0.15, 0.2) is 78.0 Å². The Morgan fingerprint density at radius 3 is 2.55 bits per heavy atom. The van der Waals surface area contributed by atoms with Crippen LogP contribution in [-0.4, -0.2) is 62.5 Å². The Bertz CT molecular complexity index is 1630. The van der Waals surface area contributed by atoms with Crippen molar-refractivity contribution < 1.29 is 9.18 Å². The van der Waals surface area contributed by atoms with Crippen LogP contribution in [0.4, 0.5) is 10.1 Å². The molecule has 1 aliphatic rings. The molecule has 1 aliphatic heterocycles. The minimum atomic E-state index is -0.234. The lowest BCUT2D eigenvalue weighted by Crippen LogP contribution is -2.49. The Hall–Kier alpha value is -3.98. The molecule has 9 heteroatoms. The Balaban J connectivity index is 1.17. The summed E-state index contributed by atoms with van der Waals surface area (Å²) in [5.74, 6) is 0.0141. The Labute approximate surface area is 224 Å². The number of piperazine rings is 1. The van der Waals surface area contributed by atoms with Crippen LogP contribution < -0.4 is 4.90 Å². The number of fused-ring (bicyclic) bond motifs is 3. The second kappa shape index (κ2) is 10.4. The number of halogens is 1. The largest absolute Gasteiger partial charge is 0.366 e. The summed E-state index contributed by atoms with van der Waals surface area (Å²) in [5, 5.41) is 10.3. The molecular formula is C29H27FN6OS. The minimum Gasteiger partial charge on any atom is -0.366 e. The highest BCUT2D eigenvalue weighted by Gasteiger charge is 2.23. The Kier molecular flexibility index (Phi) is 6.68. The molecule has 3 heterocycles. The number of hydrogen-bond acceptors (Lipinski definition) is 6. The maximum absolute atomic E-state index is 14.1. The second-order valence-electron chi connectivity index (χ2n) is 9.47. The fourth-order valence-electron chi connectivity index (χ4n) is 5.03. The van der Waals surface area contributed by atoms with Crippen LogP contribution in [0.25, 0.3) is 22.1 Å². The monoisotopic (exact) mass is 526 g/mol. The summed E-state index contributed by atoms with van der Waals surface area (Å²) >= 11 is 1.30. The number of para-hydroxylation sites is 2.